The van der Waals surface area contributed by atoms with E-state index >= 15 is 0 Å². The van der Waals surface area contributed by atoms with E-state index in [9.17, 15) is 0 Å². The van der Waals surface area contributed by atoms with Crippen LogP contribution in [0.5, 0.6) is 11.5 Å². The smallest absolute Gasteiger partial charge is 0.228 e. The number of nitrogens with one attached hydrogen (secondary N) is 1. The molecule has 0 spiro atoms. The molecular weight excluding hydrogens is 318 g/mol. The Morgan fingerprint density at radius 2 is 2.00 bits per heavy atom. The fourth-order valence-corrected chi connectivity index (χ4v) is 2.75. The predicted molar refractivity (Wildman–Crippen MR) is 86.0 cm³/mol. The molecule has 2 aromatic rings. The molecule has 0 unspecified atom stereocenters. The first-order valence-corrected chi connectivity index (χ1v) is 7.90. The Kier molecular flexibility index (Phi) is 3.57. The first-order valence-electron chi connectivity index (χ1n) is 7.52. The minimum Gasteiger partial charge on any atom is -0.486 e. The minimum atomic E-state index is 0.240. The second kappa shape index (κ2) is 5.73. The number of nitrogens with zero attached hydrogens (tertiary/aromatic N) is 3. The van der Waals surface area contributed by atoms with Gasteiger partial charge in [-0.1, -0.05) is 11.6 Å². The molecule has 3 N–H and O–H groups in total. The summed E-state index contributed by atoms with van der Waals surface area (Å²) >= 11 is 6.24. The zero-order valence-corrected chi connectivity index (χ0v) is 13.1. The molecule has 1 aliphatic carbocycles. The molecule has 2 heterocycles. The summed E-state index contributed by atoms with van der Waals surface area (Å²) in [5.74, 6) is 3.16. The number of nitrogen functional groups attached to an aromatic ring is 1. The van der Waals surface area contributed by atoms with Crippen molar-refractivity contribution in [1.82, 2.24) is 15.0 Å². The number of aromatic nitrogens is 3. The lowest BCUT2D eigenvalue weighted by Crippen LogP contribution is -2.16. The van der Waals surface area contributed by atoms with Crippen LogP contribution in [0, 0.1) is 0 Å². The summed E-state index contributed by atoms with van der Waals surface area (Å²) < 4.78 is 11.1. The van der Waals surface area contributed by atoms with Gasteiger partial charge in [0, 0.05) is 12.5 Å². The van der Waals surface area contributed by atoms with Crippen molar-refractivity contribution in [3.8, 4) is 11.5 Å². The molecule has 0 bridgehead atoms. The maximum Gasteiger partial charge on any atom is 0.228 e. The molecule has 23 heavy (non-hydrogen) atoms. The molecule has 1 aromatic carbocycles. The van der Waals surface area contributed by atoms with Crippen molar-refractivity contribution in [2.75, 3.05) is 24.3 Å². The molecule has 1 fully saturated rings. The van der Waals surface area contributed by atoms with Crippen molar-refractivity contribution in [2.45, 2.75) is 25.3 Å². The number of fused-ring (bicyclic) bond motifs is 1. The Balaban J connectivity index is 1.52. The van der Waals surface area contributed by atoms with Crippen molar-refractivity contribution < 1.29 is 9.47 Å². The van der Waals surface area contributed by atoms with Crippen LogP contribution in [0.2, 0.25) is 5.02 Å². The minimum absolute atomic E-state index is 0.240. The van der Waals surface area contributed by atoms with Gasteiger partial charge >= 0.3 is 0 Å². The van der Waals surface area contributed by atoms with E-state index in [2.05, 4.69) is 20.3 Å². The van der Waals surface area contributed by atoms with Crippen molar-refractivity contribution >= 4 is 23.5 Å². The molecule has 7 nitrogen and oxygen atoms in total. The van der Waals surface area contributed by atoms with Crippen LogP contribution in [0.3, 0.4) is 0 Å². The summed E-state index contributed by atoms with van der Waals surface area (Å²) in [7, 11) is 0. The maximum atomic E-state index is 6.24. The second-order valence-corrected chi connectivity index (χ2v) is 6.01. The Bertz CT molecular complexity index is 751. The zero-order valence-electron chi connectivity index (χ0n) is 12.4. The van der Waals surface area contributed by atoms with Crippen LogP contribution in [0.15, 0.2) is 12.1 Å². The van der Waals surface area contributed by atoms with Crippen molar-refractivity contribution in [1.29, 1.82) is 0 Å². The SMILES string of the molecule is Nc1nc(NCc2cc(Cl)c3c(c2)OCCO3)nc(C2CC2)n1. The maximum absolute atomic E-state index is 6.24. The summed E-state index contributed by atoms with van der Waals surface area (Å²) in [5.41, 5.74) is 6.70. The molecule has 0 atom stereocenters. The molecule has 1 saturated carbocycles. The van der Waals surface area contributed by atoms with E-state index in [1.807, 2.05) is 12.1 Å². The van der Waals surface area contributed by atoms with E-state index in [0.29, 0.717) is 48.1 Å². The first-order chi connectivity index (χ1) is 11.2. The average Bonchev–Trinajstić information content (AvgIpc) is 3.37. The Morgan fingerprint density at radius 3 is 2.83 bits per heavy atom. The first kappa shape index (κ1) is 14.3. The highest BCUT2D eigenvalue weighted by molar-refractivity contribution is 6.32. The van der Waals surface area contributed by atoms with Gasteiger partial charge in [-0.15, -0.1) is 0 Å². The normalized spacial score (nSPS) is 16.2. The van der Waals surface area contributed by atoms with Gasteiger partial charge in [0.05, 0.1) is 5.02 Å². The fraction of sp³-hybridized carbons (Fsp3) is 0.400. The van der Waals surface area contributed by atoms with Gasteiger partial charge in [-0.3, -0.25) is 0 Å². The molecule has 1 aliphatic heterocycles. The summed E-state index contributed by atoms with van der Waals surface area (Å²) in [6.07, 6.45) is 2.22. The summed E-state index contributed by atoms with van der Waals surface area (Å²) in [5, 5.41) is 3.70. The number of hydrogen-bond donors (Lipinski definition) is 2. The van der Waals surface area contributed by atoms with E-state index in [1.165, 1.54) is 0 Å². The van der Waals surface area contributed by atoms with E-state index < -0.39 is 0 Å². The Labute approximate surface area is 138 Å². The number of anilines is 2. The molecule has 0 amide bonds. The van der Waals surface area contributed by atoms with Crippen LogP contribution in [0.25, 0.3) is 0 Å². The predicted octanol–water partition coefficient (Wildman–Crippen LogP) is 2.37. The topological polar surface area (TPSA) is 95.2 Å². The summed E-state index contributed by atoms with van der Waals surface area (Å²) in [6, 6.07) is 3.74. The number of rotatable bonds is 4. The molecule has 1 aromatic heterocycles. The highest BCUT2D eigenvalue weighted by Gasteiger charge is 2.27. The van der Waals surface area contributed by atoms with Crippen LogP contribution in [0.1, 0.15) is 30.1 Å². The second-order valence-electron chi connectivity index (χ2n) is 5.61. The van der Waals surface area contributed by atoms with Gasteiger partial charge in [0.1, 0.15) is 19.0 Å². The highest BCUT2D eigenvalue weighted by atomic mass is 35.5. The Hall–Kier alpha value is -2.28. The standard InChI is InChI=1S/C15H16ClN5O2/c16-10-5-8(6-11-12(10)23-4-3-22-11)7-18-15-20-13(9-1-2-9)19-14(17)21-15/h5-6,9H,1-4,7H2,(H3,17,18,19,20,21). The lowest BCUT2D eigenvalue weighted by Gasteiger charge is -2.20. The van der Waals surface area contributed by atoms with Gasteiger partial charge in [-0.05, 0) is 30.5 Å². The van der Waals surface area contributed by atoms with Gasteiger partial charge in [0.15, 0.2) is 11.5 Å². The number of hydrogen-bond acceptors (Lipinski definition) is 7. The largest absolute Gasteiger partial charge is 0.486 e. The molecule has 2 aliphatic rings. The van der Waals surface area contributed by atoms with Crippen LogP contribution in [-0.4, -0.2) is 28.2 Å². The van der Waals surface area contributed by atoms with Gasteiger partial charge in [0.25, 0.3) is 0 Å². The monoisotopic (exact) mass is 333 g/mol. The highest BCUT2D eigenvalue weighted by Crippen LogP contribution is 2.39. The fourth-order valence-electron chi connectivity index (χ4n) is 2.46. The third-order valence-corrected chi connectivity index (χ3v) is 4.00. The average molecular weight is 334 g/mol. The number of ether oxygens (including phenoxy) is 2. The summed E-state index contributed by atoms with van der Waals surface area (Å²) in [4.78, 5) is 12.7. The quantitative estimate of drug-likeness (QED) is 0.886. The van der Waals surface area contributed by atoms with Crippen LogP contribution < -0.4 is 20.5 Å². The van der Waals surface area contributed by atoms with E-state index in [0.717, 1.165) is 24.2 Å². The third kappa shape index (κ3) is 3.10. The summed E-state index contributed by atoms with van der Waals surface area (Å²) in [6.45, 7) is 1.54. The number of nitrogens with two attached hydrogens (primary N) is 1. The van der Waals surface area contributed by atoms with Crippen molar-refractivity contribution in [3.05, 3.63) is 28.5 Å². The number of benzene rings is 1. The molecule has 0 saturated heterocycles. The van der Waals surface area contributed by atoms with Gasteiger partial charge < -0.3 is 20.5 Å². The van der Waals surface area contributed by atoms with Gasteiger partial charge in [-0.25, -0.2) is 0 Å². The van der Waals surface area contributed by atoms with Crippen molar-refractivity contribution in [3.63, 3.8) is 0 Å². The van der Waals surface area contributed by atoms with Gasteiger partial charge in [-0.2, -0.15) is 15.0 Å². The van der Waals surface area contributed by atoms with E-state index in [4.69, 9.17) is 26.8 Å². The molecular formula is C15H16ClN5O2. The Morgan fingerprint density at radius 1 is 1.17 bits per heavy atom. The van der Waals surface area contributed by atoms with Gasteiger partial charge in [0.2, 0.25) is 11.9 Å². The lowest BCUT2D eigenvalue weighted by molar-refractivity contribution is 0.171. The molecule has 120 valence electrons. The number of halogens is 1. The van der Waals surface area contributed by atoms with Crippen LogP contribution in [0.4, 0.5) is 11.9 Å². The van der Waals surface area contributed by atoms with E-state index in [1.54, 1.807) is 0 Å². The zero-order chi connectivity index (χ0) is 15.8. The molecule has 4 rings (SSSR count). The third-order valence-electron chi connectivity index (χ3n) is 3.72. The molecule has 8 heteroatoms. The van der Waals surface area contributed by atoms with Crippen LogP contribution in [-0.2, 0) is 6.54 Å². The van der Waals surface area contributed by atoms with Crippen molar-refractivity contribution in [2.24, 2.45) is 0 Å². The van der Waals surface area contributed by atoms with Crippen LogP contribution >= 0.6 is 11.6 Å². The molecule has 0 radical (unpaired) electrons. The lowest BCUT2D eigenvalue weighted by atomic mass is 10.2. The van der Waals surface area contributed by atoms with E-state index in [-0.39, 0.29) is 5.95 Å².